The molecule has 4 rings (SSSR count). The molecule has 20 heavy (non-hydrogen) atoms. The maximum absolute atomic E-state index is 5.10. The Bertz CT molecular complexity index is 564. The van der Waals surface area contributed by atoms with Gasteiger partial charge in [-0.25, -0.2) is 0 Å². The minimum Gasteiger partial charge on any atom is -0.472 e. The average molecular weight is 269 g/mol. The summed E-state index contributed by atoms with van der Waals surface area (Å²) in [6.45, 7) is 4.81. The average Bonchev–Trinajstić information content (AvgIpc) is 3.13. The Balaban J connectivity index is 1.50. The fraction of sp³-hybridized carbons (Fsp3) is 0.438. The number of hydrogen-bond donors (Lipinski definition) is 0. The molecule has 0 radical (unpaired) electrons. The molecule has 0 N–H and O–H groups in total. The van der Waals surface area contributed by atoms with Crippen LogP contribution in [0.2, 0.25) is 0 Å². The van der Waals surface area contributed by atoms with Crippen LogP contribution in [-0.4, -0.2) is 43.1 Å². The normalized spacial score (nSPS) is 26.1. The van der Waals surface area contributed by atoms with Crippen LogP contribution in [0.5, 0.6) is 0 Å². The van der Waals surface area contributed by atoms with E-state index in [1.807, 2.05) is 12.3 Å². The molecule has 2 unspecified atom stereocenters. The van der Waals surface area contributed by atoms with Gasteiger partial charge in [0.05, 0.1) is 30.1 Å². The minimum atomic E-state index is 0.827. The van der Waals surface area contributed by atoms with Gasteiger partial charge in [-0.1, -0.05) is 0 Å². The zero-order chi connectivity index (χ0) is 13.5. The second-order valence-corrected chi connectivity index (χ2v) is 6.06. The summed E-state index contributed by atoms with van der Waals surface area (Å²) in [4.78, 5) is 9.49. The van der Waals surface area contributed by atoms with E-state index in [2.05, 4.69) is 34.0 Å². The first-order chi connectivity index (χ1) is 9.79. The van der Waals surface area contributed by atoms with Gasteiger partial charge in [0.15, 0.2) is 0 Å². The van der Waals surface area contributed by atoms with E-state index in [4.69, 9.17) is 4.42 Å². The van der Waals surface area contributed by atoms with Gasteiger partial charge in [-0.15, -0.1) is 0 Å². The molecule has 2 atom stereocenters. The molecule has 4 heterocycles. The van der Waals surface area contributed by atoms with Crippen molar-refractivity contribution in [3.8, 4) is 11.3 Å². The highest BCUT2D eigenvalue weighted by molar-refractivity contribution is 5.60. The van der Waals surface area contributed by atoms with Gasteiger partial charge in [0, 0.05) is 31.7 Å². The lowest BCUT2D eigenvalue weighted by Crippen LogP contribution is -2.26. The van der Waals surface area contributed by atoms with Crippen LogP contribution in [0.25, 0.3) is 11.3 Å². The molecule has 0 saturated carbocycles. The van der Waals surface area contributed by atoms with E-state index in [0.29, 0.717) is 0 Å². The van der Waals surface area contributed by atoms with Gasteiger partial charge in [0.25, 0.3) is 0 Å². The van der Waals surface area contributed by atoms with Crippen LogP contribution in [0.3, 0.4) is 0 Å². The summed E-state index contributed by atoms with van der Waals surface area (Å²) in [6, 6.07) is 6.21. The lowest BCUT2D eigenvalue weighted by Gasteiger charge is -2.21. The van der Waals surface area contributed by atoms with Gasteiger partial charge in [-0.3, -0.25) is 4.98 Å². The topological polar surface area (TPSA) is 32.5 Å². The quantitative estimate of drug-likeness (QED) is 0.837. The third-order valence-corrected chi connectivity index (χ3v) is 4.60. The molecular weight excluding hydrogens is 250 g/mol. The zero-order valence-electron chi connectivity index (χ0n) is 11.7. The lowest BCUT2D eigenvalue weighted by molar-refractivity contribution is 0.387. The fourth-order valence-electron chi connectivity index (χ4n) is 3.59. The van der Waals surface area contributed by atoms with Crippen molar-refractivity contribution in [2.75, 3.05) is 38.1 Å². The molecule has 2 aromatic rings. The Kier molecular flexibility index (Phi) is 2.77. The van der Waals surface area contributed by atoms with Crippen molar-refractivity contribution >= 4 is 5.69 Å². The van der Waals surface area contributed by atoms with E-state index in [1.165, 1.54) is 31.9 Å². The Labute approximate surface area is 119 Å². The van der Waals surface area contributed by atoms with Crippen LogP contribution in [0.1, 0.15) is 0 Å². The first kappa shape index (κ1) is 12.0. The monoisotopic (exact) mass is 269 g/mol. The summed E-state index contributed by atoms with van der Waals surface area (Å²) < 4.78 is 5.10. The number of likely N-dealkylation sites (tertiary alicyclic amines) is 1. The Hall–Kier alpha value is -1.81. The lowest BCUT2D eigenvalue weighted by atomic mass is 10.0. The van der Waals surface area contributed by atoms with E-state index in [0.717, 1.165) is 23.1 Å². The number of hydrogen-bond acceptors (Lipinski definition) is 4. The van der Waals surface area contributed by atoms with E-state index < -0.39 is 0 Å². The number of pyridine rings is 1. The number of furan rings is 1. The number of fused-ring (bicyclic) bond motifs is 1. The fourth-order valence-corrected chi connectivity index (χ4v) is 3.59. The van der Waals surface area contributed by atoms with Crippen LogP contribution >= 0.6 is 0 Å². The van der Waals surface area contributed by atoms with Crippen molar-refractivity contribution in [3.05, 3.63) is 36.9 Å². The van der Waals surface area contributed by atoms with Crippen molar-refractivity contribution in [3.63, 3.8) is 0 Å². The van der Waals surface area contributed by atoms with Crippen LogP contribution in [-0.2, 0) is 0 Å². The molecule has 0 bridgehead atoms. The van der Waals surface area contributed by atoms with Gasteiger partial charge in [0.1, 0.15) is 0 Å². The molecule has 2 aliphatic heterocycles. The van der Waals surface area contributed by atoms with E-state index in [-0.39, 0.29) is 0 Å². The SMILES string of the molecule is CN1CC2CN(c3ccc(-c4ccoc4)nc3)CC2C1. The summed E-state index contributed by atoms with van der Waals surface area (Å²) in [6.07, 6.45) is 5.41. The maximum Gasteiger partial charge on any atom is 0.0996 e. The second kappa shape index (κ2) is 4.63. The summed E-state index contributed by atoms with van der Waals surface area (Å²) in [7, 11) is 2.23. The van der Waals surface area contributed by atoms with Gasteiger partial charge < -0.3 is 14.2 Å². The molecule has 0 amide bonds. The van der Waals surface area contributed by atoms with Crippen LogP contribution in [0.15, 0.2) is 41.3 Å². The maximum atomic E-state index is 5.10. The standard InChI is InChI=1S/C16H19N3O/c1-18-7-13-9-19(10-14(13)8-18)15-2-3-16(17-6-15)12-4-5-20-11-12/h2-6,11,13-14H,7-10H2,1H3. The molecule has 2 aromatic heterocycles. The number of aromatic nitrogens is 1. The van der Waals surface area contributed by atoms with E-state index in [9.17, 15) is 0 Å². The third kappa shape index (κ3) is 2.00. The molecule has 0 aromatic carbocycles. The van der Waals surface area contributed by atoms with Gasteiger partial charge in [-0.2, -0.15) is 0 Å². The minimum absolute atomic E-state index is 0.827. The van der Waals surface area contributed by atoms with Crippen molar-refractivity contribution in [2.24, 2.45) is 11.8 Å². The van der Waals surface area contributed by atoms with Crippen molar-refractivity contribution in [1.29, 1.82) is 0 Å². The predicted molar refractivity (Wildman–Crippen MR) is 78.6 cm³/mol. The summed E-state index contributed by atoms with van der Waals surface area (Å²) in [5.74, 6) is 1.65. The molecule has 0 aliphatic carbocycles. The largest absolute Gasteiger partial charge is 0.472 e. The molecule has 2 saturated heterocycles. The van der Waals surface area contributed by atoms with Crippen LogP contribution in [0, 0.1) is 11.8 Å². The molecule has 2 fully saturated rings. The molecule has 4 heteroatoms. The highest BCUT2D eigenvalue weighted by Crippen LogP contribution is 2.33. The summed E-state index contributed by atoms with van der Waals surface area (Å²) in [5, 5.41) is 0. The number of anilines is 1. The summed E-state index contributed by atoms with van der Waals surface area (Å²) in [5.41, 5.74) is 3.26. The predicted octanol–water partition coefficient (Wildman–Crippen LogP) is 2.34. The highest BCUT2D eigenvalue weighted by Gasteiger charge is 2.38. The summed E-state index contributed by atoms with van der Waals surface area (Å²) >= 11 is 0. The Morgan fingerprint density at radius 3 is 2.50 bits per heavy atom. The first-order valence-electron chi connectivity index (χ1n) is 7.22. The van der Waals surface area contributed by atoms with Crippen molar-refractivity contribution in [2.45, 2.75) is 0 Å². The van der Waals surface area contributed by atoms with Crippen molar-refractivity contribution < 1.29 is 4.42 Å². The van der Waals surface area contributed by atoms with Gasteiger partial charge in [0.2, 0.25) is 0 Å². The number of nitrogens with zero attached hydrogens (tertiary/aromatic N) is 3. The molecular formula is C16H19N3O. The van der Waals surface area contributed by atoms with Crippen molar-refractivity contribution in [1.82, 2.24) is 9.88 Å². The Morgan fingerprint density at radius 1 is 1.10 bits per heavy atom. The van der Waals surface area contributed by atoms with E-state index in [1.54, 1.807) is 12.5 Å². The number of rotatable bonds is 2. The van der Waals surface area contributed by atoms with E-state index >= 15 is 0 Å². The smallest absolute Gasteiger partial charge is 0.0996 e. The zero-order valence-corrected chi connectivity index (χ0v) is 11.7. The van der Waals surface area contributed by atoms with Gasteiger partial charge in [-0.05, 0) is 37.1 Å². The first-order valence-corrected chi connectivity index (χ1v) is 7.22. The molecule has 0 spiro atoms. The van der Waals surface area contributed by atoms with Gasteiger partial charge >= 0.3 is 0 Å². The highest BCUT2D eigenvalue weighted by atomic mass is 16.3. The molecule has 104 valence electrons. The van der Waals surface area contributed by atoms with Crippen LogP contribution in [0.4, 0.5) is 5.69 Å². The molecule has 2 aliphatic rings. The van der Waals surface area contributed by atoms with Crippen LogP contribution < -0.4 is 4.90 Å². The Morgan fingerprint density at radius 2 is 1.90 bits per heavy atom. The third-order valence-electron chi connectivity index (χ3n) is 4.60. The second-order valence-electron chi connectivity index (χ2n) is 6.06. The molecule has 4 nitrogen and oxygen atoms in total.